The minimum absolute atomic E-state index is 0.104. The van der Waals surface area contributed by atoms with Gasteiger partial charge in [0.2, 0.25) is 10.0 Å². The number of benzene rings is 1. The predicted molar refractivity (Wildman–Crippen MR) is 105 cm³/mol. The third-order valence-corrected chi connectivity index (χ3v) is 7.40. The Balaban J connectivity index is 1.97. The van der Waals surface area contributed by atoms with E-state index in [1.54, 1.807) is 20.8 Å². The third-order valence-electron chi connectivity index (χ3n) is 5.29. The normalized spacial score (nSPS) is 20.8. The van der Waals surface area contributed by atoms with Gasteiger partial charge < -0.3 is 4.74 Å². The highest BCUT2D eigenvalue weighted by Gasteiger charge is 2.47. The molecule has 1 atom stereocenters. The minimum atomic E-state index is -3.76. The Morgan fingerprint density at radius 2 is 2.00 bits per heavy atom. The van der Waals surface area contributed by atoms with Crippen LogP contribution in [-0.4, -0.2) is 48.6 Å². The fourth-order valence-corrected chi connectivity index (χ4v) is 5.89. The summed E-state index contributed by atoms with van der Waals surface area (Å²) in [6.45, 7) is 5.88. The number of nitrogens with one attached hydrogen (secondary N) is 1. The van der Waals surface area contributed by atoms with Gasteiger partial charge in [0.1, 0.15) is 4.90 Å². The van der Waals surface area contributed by atoms with E-state index in [1.165, 1.54) is 4.31 Å². The van der Waals surface area contributed by atoms with Crippen molar-refractivity contribution in [3.05, 3.63) is 47.3 Å². The van der Waals surface area contributed by atoms with Crippen LogP contribution in [0.5, 0.6) is 0 Å². The van der Waals surface area contributed by atoms with Gasteiger partial charge in [0.25, 0.3) is 0 Å². The number of hydrogen-bond donors (Lipinski definition) is 1. The summed E-state index contributed by atoms with van der Waals surface area (Å²) in [7, 11) is -3.76. The van der Waals surface area contributed by atoms with Crippen LogP contribution < -0.4 is 0 Å². The summed E-state index contributed by atoms with van der Waals surface area (Å²) >= 11 is 0. The molecule has 1 aromatic heterocycles. The van der Waals surface area contributed by atoms with Crippen molar-refractivity contribution < 1.29 is 17.9 Å². The number of aromatic nitrogens is 2. The van der Waals surface area contributed by atoms with Gasteiger partial charge in [0.15, 0.2) is 0 Å². The highest BCUT2D eigenvalue weighted by atomic mass is 32.2. The van der Waals surface area contributed by atoms with Crippen LogP contribution in [-0.2, 0) is 26.0 Å². The van der Waals surface area contributed by atoms with Crippen molar-refractivity contribution in [1.82, 2.24) is 14.5 Å². The van der Waals surface area contributed by atoms with Gasteiger partial charge >= 0.3 is 5.97 Å². The molecule has 0 spiro atoms. The fourth-order valence-electron chi connectivity index (χ4n) is 4.00. The first-order valence-electron chi connectivity index (χ1n) is 9.53. The maximum Gasteiger partial charge on any atom is 0.313 e. The van der Waals surface area contributed by atoms with E-state index in [0.717, 1.165) is 5.56 Å². The van der Waals surface area contributed by atoms with E-state index in [4.69, 9.17) is 4.74 Å². The van der Waals surface area contributed by atoms with Gasteiger partial charge in [-0.25, -0.2) is 8.42 Å². The molecule has 0 bridgehead atoms. The maximum atomic E-state index is 13.3. The van der Waals surface area contributed by atoms with Crippen LogP contribution in [0.15, 0.2) is 35.2 Å². The quantitative estimate of drug-likeness (QED) is 0.746. The van der Waals surface area contributed by atoms with Gasteiger partial charge in [-0.2, -0.15) is 9.40 Å². The lowest BCUT2D eigenvalue weighted by Gasteiger charge is -2.40. The number of carbonyl (C=O) groups excluding carboxylic acids is 1. The Labute approximate surface area is 166 Å². The molecule has 1 aliphatic heterocycles. The first kappa shape index (κ1) is 20.5. The van der Waals surface area contributed by atoms with Crippen LogP contribution in [0.2, 0.25) is 0 Å². The molecule has 28 heavy (non-hydrogen) atoms. The second-order valence-electron chi connectivity index (χ2n) is 7.37. The summed E-state index contributed by atoms with van der Waals surface area (Å²) < 4.78 is 33.4. The molecule has 1 aliphatic rings. The molecule has 1 unspecified atom stereocenters. The fraction of sp³-hybridized carbons (Fsp3) is 0.500. The standard InChI is InChI=1S/C20H27N3O4S/c1-4-27-19(24)20(13-17-9-6-5-7-10-17)11-8-12-23(14-20)28(25,26)18-15(2)21-22-16(18)3/h5-7,9-10H,4,8,11-14H2,1-3H3,(H,21,22). The van der Waals surface area contributed by atoms with Gasteiger partial charge in [-0.15, -0.1) is 0 Å². The van der Waals surface area contributed by atoms with E-state index >= 15 is 0 Å². The molecule has 0 saturated carbocycles. The molecule has 2 aromatic rings. The summed E-state index contributed by atoms with van der Waals surface area (Å²) in [4.78, 5) is 13.2. The Bertz CT molecular complexity index is 920. The van der Waals surface area contributed by atoms with Crippen LogP contribution in [0.1, 0.15) is 36.7 Å². The molecule has 1 fully saturated rings. The molecule has 0 radical (unpaired) electrons. The number of carbonyl (C=O) groups is 1. The van der Waals surface area contributed by atoms with Crippen LogP contribution in [0.4, 0.5) is 0 Å². The molecule has 0 aliphatic carbocycles. The van der Waals surface area contributed by atoms with Crippen LogP contribution >= 0.6 is 0 Å². The molecular formula is C20H27N3O4S. The molecular weight excluding hydrogens is 378 g/mol. The van der Waals surface area contributed by atoms with Crippen molar-refractivity contribution in [1.29, 1.82) is 0 Å². The monoisotopic (exact) mass is 405 g/mol. The Morgan fingerprint density at radius 3 is 2.61 bits per heavy atom. The highest BCUT2D eigenvalue weighted by Crippen LogP contribution is 2.38. The minimum Gasteiger partial charge on any atom is -0.466 e. The summed E-state index contributed by atoms with van der Waals surface area (Å²) in [6, 6.07) is 9.67. The lowest BCUT2D eigenvalue weighted by molar-refractivity contribution is -0.157. The number of esters is 1. The highest BCUT2D eigenvalue weighted by molar-refractivity contribution is 7.89. The molecule has 1 saturated heterocycles. The molecule has 1 N–H and O–H groups in total. The summed E-state index contributed by atoms with van der Waals surface area (Å²) in [5.41, 5.74) is 1.04. The molecule has 0 amide bonds. The van der Waals surface area contributed by atoms with E-state index < -0.39 is 15.4 Å². The van der Waals surface area contributed by atoms with Crippen LogP contribution in [0.25, 0.3) is 0 Å². The molecule has 8 heteroatoms. The lowest BCUT2D eigenvalue weighted by Crippen LogP contribution is -2.51. The van der Waals surface area contributed by atoms with Crippen molar-refractivity contribution in [3.8, 4) is 0 Å². The first-order valence-corrected chi connectivity index (χ1v) is 11.0. The zero-order valence-electron chi connectivity index (χ0n) is 16.6. The number of rotatable bonds is 6. The lowest BCUT2D eigenvalue weighted by atomic mass is 9.75. The SMILES string of the molecule is CCOC(=O)C1(Cc2ccccc2)CCCN(S(=O)(=O)c2c(C)n[nH]c2C)C1. The van der Waals surface area contributed by atoms with E-state index in [0.29, 0.717) is 37.2 Å². The van der Waals surface area contributed by atoms with Crippen molar-refractivity contribution in [2.75, 3.05) is 19.7 Å². The third kappa shape index (κ3) is 3.84. The van der Waals surface area contributed by atoms with E-state index in [1.807, 2.05) is 30.3 Å². The number of nitrogens with zero attached hydrogens (tertiary/aromatic N) is 2. The average Bonchev–Trinajstić information content (AvgIpc) is 3.02. The first-order chi connectivity index (χ1) is 13.3. The summed E-state index contributed by atoms with van der Waals surface area (Å²) in [6.07, 6.45) is 1.64. The number of sulfonamides is 1. The number of aromatic amines is 1. The zero-order chi connectivity index (χ0) is 20.4. The Hall–Kier alpha value is -2.19. The number of hydrogen-bond acceptors (Lipinski definition) is 5. The number of piperidine rings is 1. The molecule has 152 valence electrons. The predicted octanol–water partition coefficient (Wildman–Crippen LogP) is 2.60. The largest absolute Gasteiger partial charge is 0.466 e. The van der Waals surface area contributed by atoms with Crippen LogP contribution in [0, 0.1) is 19.3 Å². The second-order valence-corrected chi connectivity index (χ2v) is 9.24. The van der Waals surface area contributed by atoms with Crippen molar-refractivity contribution in [3.63, 3.8) is 0 Å². The number of H-pyrrole nitrogens is 1. The smallest absolute Gasteiger partial charge is 0.313 e. The van der Waals surface area contributed by atoms with Gasteiger partial charge in [-0.1, -0.05) is 30.3 Å². The van der Waals surface area contributed by atoms with Crippen LogP contribution in [0.3, 0.4) is 0 Å². The molecule has 3 rings (SSSR count). The number of ether oxygens (including phenoxy) is 1. The van der Waals surface area contributed by atoms with E-state index in [2.05, 4.69) is 10.2 Å². The van der Waals surface area contributed by atoms with Gasteiger partial charge in [-0.3, -0.25) is 9.89 Å². The molecule has 2 heterocycles. The molecule has 1 aromatic carbocycles. The molecule has 7 nitrogen and oxygen atoms in total. The van der Waals surface area contributed by atoms with E-state index in [9.17, 15) is 13.2 Å². The van der Waals surface area contributed by atoms with Gasteiger partial charge in [-0.05, 0) is 45.6 Å². The topological polar surface area (TPSA) is 92.4 Å². The Kier molecular flexibility index (Phi) is 5.90. The van der Waals surface area contributed by atoms with Gasteiger partial charge in [0, 0.05) is 13.1 Å². The maximum absolute atomic E-state index is 13.3. The van der Waals surface area contributed by atoms with Crippen molar-refractivity contribution in [2.24, 2.45) is 5.41 Å². The zero-order valence-corrected chi connectivity index (χ0v) is 17.4. The van der Waals surface area contributed by atoms with Crippen molar-refractivity contribution >= 4 is 16.0 Å². The number of aryl methyl sites for hydroxylation is 2. The average molecular weight is 406 g/mol. The summed E-state index contributed by atoms with van der Waals surface area (Å²) in [5, 5.41) is 6.76. The van der Waals surface area contributed by atoms with Gasteiger partial charge in [0.05, 0.1) is 23.4 Å². The second kappa shape index (κ2) is 8.05. The Morgan fingerprint density at radius 1 is 1.29 bits per heavy atom. The van der Waals surface area contributed by atoms with Crippen molar-refractivity contribution in [2.45, 2.75) is 44.9 Å². The van der Waals surface area contributed by atoms with E-state index in [-0.39, 0.29) is 24.0 Å². The summed E-state index contributed by atoms with van der Waals surface area (Å²) in [5.74, 6) is -0.334.